The topological polar surface area (TPSA) is 124 Å². The van der Waals surface area contributed by atoms with Crippen molar-refractivity contribution in [3.8, 4) is 67.5 Å². The number of ether oxygens (including phenoxy) is 6. The van der Waals surface area contributed by atoms with Gasteiger partial charge in [-0.25, -0.2) is 0 Å². The Hall–Kier alpha value is -10.1. The largest absolute Gasteiger partial charge is 0.456 e. The van der Waals surface area contributed by atoms with Gasteiger partial charge in [0.15, 0.2) is 0 Å². The Morgan fingerprint density at radius 3 is 0.539 bits per heavy atom. The summed E-state index contributed by atoms with van der Waals surface area (Å²) in [5.74, 6) is 2.91. The van der Waals surface area contributed by atoms with Gasteiger partial charge in [0, 0.05) is 49.9 Å². The number of carbonyl (C=O) groups excluding carboxylic acids is 4. The molecule has 0 saturated heterocycles. The summed E-state index contributed by atoms with van der Waals surface area (Å²) in [4.78, 5) is 46.2. The van der Waals surface area contributed by atoms with E-state index >= 15 is 0 Å². The Bertz CT molecular complexity index is 3170. The average molecular weight is 1000 g/mol. The van der Waals surface area contributed by atoms with Crippen LogP contribution in [0, 0.1) is 0 Å². The maximum Gasteiger partial charge on any atom is 0.308 e. The van der Waals surface area contributed by atoms with Gasteiger partial charge in [-0.15, -0.1) is 0 Å². The molecule has 372 valence electrons. The quantitative estimate of drug-likeness (QED) is 0.0863. The Balaban J connectivity index is 1.05. The number of carbonyl (C=O) groups is 4. The third-order valence-corrected chi connectivity index (χ3v) is 12.4. The second kappa shape index (κ2) is 22.0. The molecule has 0 unspecified atom stereocenters. The van der Waals surface area contributed by atoms with Gasteiger partial charge in [-0.05, 0) is 128 Å². The minimum absolute atomic E-state index is 0.379. The summed E-state index contributed by atoms with van der Waals surface area (Å²) in [7, 11) is 0. The average Bonchev–Trinajstić information content (AvgIpc) is 3.44. The molecule has 2 aliphatic rings. The highest BCUT2D eigenvalue weighted by molar-refractivity contribution is 5.85. The van der Waals surface area contributed by atoms with E-state index in [2.05, 4.69) is 0 Å². The van der Waals surface area contributed by atoms with Crippen LogP contribution in [0.4, 0.5) is 0 Å². The lowest BCUT2D eigenvalue weighted by atomic mass is 9.95. The Labute approximate surface area is 439 Å². The molecule has 0 N–H and O–H groups in total. The van der Waals surface area contributed by atoms with E-state index in [1.165, 1.54) is 27.7 Å². The van der Waals surface area contributed by atoms with Crippen molar-refractivity contribution in [2.45, 2.75) is 27.7 Å². The number of benzene rings is 8. The highest BCUT2D eigenvalue weighted by atomic mass is 16.5. The van der Waals surface area contributed by atoms with Gasteiger partial charge < -0.3 is 28.4 Å². The molecule has 10 rings (SSSR count). The summed E-state index contributed by atoms with van der Waals surface area (Å²) in [5, 5.41) is 0. The van der Waals surface area contributed by atoms with Crippen LogP contribution in [0.25, 0.3) is 67.5 Å². The lowest BCUT2D eigenvalue weighted by Crippen LogP contribution is -2.04. The van der Waals surface area contributed by atoms with E-state index in [1.807, 2.05) is 170 Å². The van der Waals surface area contributed by atoms with Gasteiger partial charge in [0.25, 0.3) is 0 Å². The molecule has 0 saturated carbocycles. The van der Waals surface area contributed by atoms with E-state index in [0.29, 0.717) is 46.0 Å². The van der Waals surface area contributed by atoms with Gasteiger partial charge in [-0.3, -0.25) is 19.2 Å². The van der Waals surface area contributed by atoms with Crippen molar-refractivity contribution in [2.24, 2.45) is 0 Å². The molecular weight excluding hydrogens is 953 g/mol. The van der Waals surface area contributed by atoms with E-state index in [-0.39, 0.29) is 23.9 Å². The normalized spacial score (nSPS) is 12.9. The summed E-state index contributed by atoms with van der Waals surface area (Å²) in [6, 6.07) is 62.0. The van der Waals surface area contributed by atoms with Crippen LogP contribution >= 0.6 is 0 Å². The zero-order chi connectivity index (χ0) is 52.7. The van der Waals surface area contributed by atoms with Crippen molar-refractivity contribution in [1.82, 2.24) is 0 Å². The van der Waals surface area contributed by atoms with Crippen LogP contribution in [0.3, 0.4) is 0 Å². The van der Waals surface area contributed by atoms with Crippen molar-refractivity contribution >= 4 is 46.9 Å². The lowest BCUT2D eigenvalue weighted by molar-refractivity contribution is -0.132. The van der Waals surface area contributed by atoms with E-state index < -0.39 is 0 Å². The number of hydrogen-bond donors (Lipinski definition) is 0. The van der Waals surface area contributed by atoms with Crippen LogP contribution in [-0.4, -0.2) is 23.9 Å². The van der Waals surface area contributed by atoms with E-state index in [1.54, 1.807) is 48.5 Å². The SMILES string of the molecule is CC(=O)Oc1ccc(-c2ccc(C3=CC(=C4C=C(c5ccc(-c6ccc(OC(C)=O)cc6)cc5)OC(c5ccc(-c6ccc(OC(C)=O)cc6)cc5)=C4)C=C(c4ccc(-c5ccc(OC(C)=O)cc5)cc4)O3)cc2)cc1. The van der Waals surface area contributed by atoms with Crippen LogP contribution < -0.4 is 18.9 Å². The molecule has 76 heavy (non-hydrogen) atoms. The Morgan fingerprint density at radius 2 is 0.382 bits per heavy atom. The molecule has 8 aromatic rings. The molecule has 2 heterocycles. The molecule has 0 atom stereocenters. The first-order chi connectivity index (χ1) is 36.8. The van der Waals surface area contributed by atoms with Gasteiger partial charge in [-0.1, -0.05) is 146 Å². The van der Waals surface area contributed by atoms with E-state index in [0.717, 1.165) is 77.9 Å². The molecule has 0 spiro atoms. The van der Waals surface area contributed by atoms with Gasteiger partial charge in [0.1, 0.15) is 46.0 Å². The fourth-order valence-electron chi connectivity index (χ4n) is 8.74. The molecule has 2 aliphatic heterocycles. The first-order valence-corrected chi connectivity index (χ1v) is 24.4. The number of hydrogen-bond acceptors (Lipinski definition) is 10. The minimum atomic E-state index is -0.379. The van der Waals surface area contributed by atoms with Crippen LogP contribution in [-0.2, 0) is 28.7 Å². The molecule has 8 aromatic carbocycles. The Kier molecular flexibility index (Phi) is 14.3. The highest BCUT2D eigenvalue weighted by Crippen LogP contribution is 2.40. The third kappa shape index (κ3) is 11.9. The standard InChI is InChI=1S/C66H48O10/c1-41(67)71-59-29-21-49(22-30-59)45-5-13-53(14-6-45)63-37-57(38-64(75-63)54-15-7-46(8-16-54)50-23-31-60(32-24-50)72-42(2)68)58-39-65(55-17-9-47(10-18-55)51-25-33-61(34-26-51)73-43(3)69)76-66(40-58)56-19-11-48(12-20-56)52-27-35-62(36-28-52)74-44(4)70/h5-40H,1-4H3. The van der Waals surface area contributed by atoms with Gasteiger partial charge >= 0.3 is 23.9 Å². The zero-order valence-electron chi connectivity index (χ0n) is 41.9. The molecule has 0 aliphatic carbocycles. The van der Waals surface area contributed by atoms with Crippen molar-refractivity contribution < 1.29 is 47.6 Å². The van der Waals surface area contributed by atoms with Gasteiger partial charge in [0.2, 0.25) is 0 Å². The van der Waals surface area contributed by atoms with Crippen LogP contribution in [0.15, 0.2) is 230 Å². The van der Waals surface area contributed by atoms with Gasteiger partial charge in [0.05, 0.1) is 0 Å². The van der Waals surface area contributed by atoms with Crippen LogP contribution in [0.2, 0.25) is 0 Å². The van der Waals surface area contributed by atoms with Crippen molar-refractivity contribution in [3.63, 3.8) is 0 Å². The molecule has 10 nitrogen and oxygen atoms in total. The van der Waals surface area contributed by atoms with Crippen LogP contribution in [0.1, 0.15) is 49.9 Å². The predicted molar refractivity (Wildman–Crippen MR) is 294 cm³/mol. The molecule has 0 bridgehead atoms. The maximum absolute atomic E-state index is 11.5. The van der Waals surface area contributed by atoms with Crippen LogP contribution in [0.5, 0.6) is 23.0 Å². The molecule has 10 heteroatoms. The van der Waals surface area contributed by atoms with E-state index in [9.17, 15) is 19.2 Å². The molecule has 0 aromatic heterocycles. The number of rotatable bonds is 12. The molecule has 0 fully saturated rings. The summed E-state index contributed by atoms with van der Waals surface area (Å²) in [6.45, 7) is 5.51. The number of esters is 4. The van der Waals surface area contributed by atoms with Crippen molar-refractivity contribution in [3.05, 3.63) is 252 Å². The van der Waals surface area contributed by atoms with Gasteiger partial charge in [-0.2, -0.15) is 0 Å². The monoisotopic (exact) mass is 1000 g/mol. The zero-order valence-corrected chi connectivity index (χ0v) is 41.9. The molecular formula is C66H48O10. The summed E-state index contributed by atoms with van der Waals surface area (Å²) >= 11 is 0. The first kappa shape index (κ1) is 49.5. The summed E-state index contributed by atoms with van der Waals surface area (Å²) < 4.78 is 34.7. The second-order valence-electron chi connectivity index (χ2n) is 17.9. The molecule has 0 radical (unpaired) electrons. The van der Waals surface area contributed by atoms with Crippen molar-refractivity contribution in [1.29, 1.82) is 0 Å². The number of allylic oxidation sites excluding steroid dienone is 6. The fourth-order valence-corrected chi connectivity index (χ4v) is 8.74. The smallest absolute Gasteiger partial charge is 0.308 e. The Morgan fingerprint density at radius 1 is 0.237 bits per heavy atom. The van der Waals surface area contributed by atoms with Crippen molar-refractivity contribution in [2.75, 3.05) is 0 Å². The minimum Gasteiger partial charge on any atom is -0.456 e. The summed E-state index contributed by atoms with van der Waals surface area (Å²) in [6.07, 6.45) is 8.16. The first-order valence-electron chi connectivity index (χ1n) is 24.4. The third-order valence-electron chi connectivity index (χ3n) is 12.4. The second-order valence-corrected chi connectivity index (χ2v) is 17.9. The molecule has 0 amide bonds. The predicted octanol–water partition coefficient (Wildman–Crippen LogP) is 14.9. The van der Waals surface area contributed by atoms with E-state index in [4.69, 9.17) is 28.4 Å². The fraction of sp³-hybridized carbons (Fsp3) is 0.0606. The summed E-state index contributed by atoms with van der Waals surface area (Å²) in [5.41, 5.74) is 12.9. The lowest BCUT2D eigenvalue weighted by Gasteiger charge is -2.23. The maximum atomic E-state index is 11.5. The highest BCUT2D eigenvalue weighted by Gasteiger charge is 2.22.